The minimum atomic E-state index is -0.381. The number of hydrogen-bond acceptors (Lipinski definition) is 4. The second-order valence-electron chi connectivity index (χ2n) is 2.28. The summed E-state index contributed by atoms with van der Waals surface area (Å²) >= 11 is 4.40. The molecule has 0 N–H and O–H groups in total. The normalized spacial score (nSPS) is 15.7. The molecule has 0 atom stereocenters. The lowest BCUT2D eigenvalue weighted by Gasteiger charge is -2.02. The molecule has 62 valence electrons. The Labute approximate surface area is 74.5 Å². The Kier molecular flexibility index (Phi) is 2.85. The monoisotopic (exact) mass is 182 g/mol. The van der Waals surface area contributed by atoms with Gasteiger partial charge in [0.15, 0.2) is 0 Å². The number of hydrogen-bond donors (Lipinski definition) is 0. The summed E-state index contributed by atoms with van der Waals surface area (Å²) in [5.41, 5.74) is 0.967. The molecule has 0 amide bonds. The molecule has 0 aromatic carbocycles. The summed E-state index contributed by atoms with van der Waals surface area (Å²) in [5, 5.41) is 12.5. The number of rotatable bonds is 2. The van der Waals surface area contributed by atoms with Crippen molar-refractivity contribution in [2.45, 2.75) is 12.8 Å². The first-order valence-corrected chi connectivity index (χ1v) is 3.77. The van der Waals surface area contributed by atoms with E-state index in [0.717, 1.165) is 5.70 Å². The van der Waals surface area contributed by atoms with Gasteiger partial charge in [-0.2, -0.15) is 4.99 Å². The zero-order chi connectivity index (χ0) is 8.97. The third-order valence-corrected chi connectivity index (χ3v) is 1.62. The summed E-state index contributed by atoms with van der Waals surface area (Å²) in [6.45, 7) is 0. The third kappa shape index (κ3) is 2.08. The standard InChI is InChI=1S/C7H6N2O2S/c10-9(11)7-3-1-6(2-4-7)8-5-12/h1,3H,2,4H2. The molecule has 1 aliphatic rings. The summed E-state index contributed by atoms with van der Waals surface area (Å²) < 4.78 is 0. The van der Waals surface area contributed by atoms with Gasteiger partial charge in [0.1, 0.15) is 0 Å². The topological polar surface area (TPSA) is 55.5 Å². The number of allylic oxidation sites excluding steroid dienone is 4. The van der Waals surface area contributed by atoms with E-state index in [1.54, 1.807) is 6.08 Å². The Morgan fingerprint density at radius 1 is 1.58 bits per heavy atom. The van der Waals surface area contributed by atoms with Crippen molar-refractivity contribution in [1.29, 1.82) is 0 Å². The SMILES string of the molecule is O=[N+]([O-])C1=CC=C(N=C=S)CC1. The van der Waals surface area contributed by atoms with E-state index in [1.807, 2.05) is 0 Å². The summed E-state index contributed by atoms with van der Waals surface area (Å²) in [6, 6.07) is 0. The van der Waals surface area contributed by atoms with Crippen LogP contribution in [-0.4, -0.2) is 10.1 Å². The van der Waals surface area contributed by atoms with Crippen LogP contribution in [-0.2, 0) is 0 Å². The second kappa shape index (κ2) is 3.90. The molecule has 0 unspecified atom stereocenters. The quantitative estimate of drug-likeness (QED) is 0.284. The fraction of sp³-hybridized carbons (Fsp3) is 0.286. The maximum atomic E-state index is 10.3. The maximum absolute atomic E-state index is 10.3. The molecule has 0 saturated heterocycles. The lowest BCUT2D eigenvalue weighted by atomic mass is 10.1. The van der Waals surface area contributed by atoms with E-state index in [1.165, 1.54) is 6.08 Å². The number of thiocarbonyl (C=S) groups is 1. The van der Waals surface area contributed by atoms with Crippen LogP contribution in [0, 0.1) is 10.1 Å². The first kappa shape index (κ1) is 8.77. The third-order valence-electron chi connectivity index (χ3n) is 1.53. The van der Waals surface area contributed by atoms with Crippen molar-refractivity contribution in [3.05, 3.63) is 33.7 Å². The van der Waals surface area contributed by atoms with Crippen LogP contribution in [0.15, 0.2) is 28.5 Å². The van der Waals surface area contributed by atoms with Gasteiger partial charge in [-0.15, -0.1) is 0 Å². The Bertz CT molecular complexity index is 295. The van der Waals surface area contributed by atoms with E-state index in [4.69, 9.17) is 0 Å². The van der Waals surface area contributed by atoms with Gasteiger partial charge in [0.25, 0.3) is 0 Å². The van der Waals surface area contributed by atoms with Gasteiger partial charge in [-0.3, -0.25) is 10.1 Å². The van der Waals surface area contributed by atoms with Crippen LogP contribution < -0.4 is 0 Å². The molecule has 1 aliphatic carbocycles. The molecule has 0 aromatic rings. The van der Waals surface area contributed by atoms with Crippen LogP contribution in [0.4, 0.5) is 0 Å². The van der Waals surface area contributed by atoms with E-state index >= 15 is 0 Å². The van der Waals surface area contributed by atoms with Crippen molar-refractivity contribution in [3.63, 3.8) is 0 Å². The van der Waals surface area contributed by atoms with E-state index < -0.39 is 0 Å². The van der Waals surface area contributed by atoms with Crippen LogP contribution in [0.2, 0.25) is 0 Å². The van der Waals surface area contributed by atoms with E-state index in [2.05, 4.69) is 22.4 Å². The number of nitrogens with zero attached hydrogens (tertiary/aromatic N) is 2. The average molecular weight is 182 g/mol. The highest BCUT2D eigenvalue weighted by Crippen LogP contribution is 2.18. The molecule has 1 rings (SSSR count). The van der Waals surface area contributed by atoms with Gasteiger partial charge in [0.05, 0.1) is 15.8 Å². The molecular formula is C7H6N2O2S. The predicted molar refractivity (Wildman–Crippen MR) is 47.4 cm³/mol. The molecule has 0 aliphatic heterocycles. The molecule has 0 aromatic heterocycles. The second-order valence-corrected chi connectivity index (χ2v) is 2.46. The number of nitro groups is 1. The minimum absolute atomic E-state index is 0.221. The Hall–Kier alpha value is -1.32. The summed E-state index contributed by atoms with van der Waals surface area (Å²) in [4.78, 5) is 13.6. The molecule has 0 heterocycles. The first-order valence-electron chi connectivity index (χ1n) is 3.36. The van der Waals surface area contributed by atoms with Gasteiger partial charge in [0.2, 0.25) is 5.70 Å². The van der Waals surface area contributed by atoms with Crippen LogP contribution >= 0.6 is 12.2 Å². The Morgan fingerprint density at radius 2 is 2.33 bits per heavy atom. The smallest absolute Gasteiger partial charge is 0.246 e. The first-order chi connectivity index (χ1) is 5.74. The van der Waals surface area contributed by atoms with Gasteiger partial charge >= 0.3 is 0 Å². The highest BCUT2D eigenvalue weighted by molar-refractivity contribution is 7.78. The van der Waals surface area contributed by atoms with Gasteiger partial charge in [-0.1, -0.05) is 0 Å². The molecule has 0 fully saturated rings. The van der Waals surface area contributed by atoms with E-state index in [-0.39, 0.29) is 10.6 Å². The van der Waals surface area contributed by atoms with Crippen LogP contribution in [0.5, 0.6) is 0 Å². The van der Waals surface area contributed by atoms with Gasteiger partial charge in [-0.25, -0.2) is 0 Å². The van der Waals surface area contributed by atoms with E-state index in [9.17, 15) is 10.1 Å². The van der Waals surface area contributed by atoms with Crippen molar-refractivity contribution < 1.29 is 4.92 Å². The number of aliphatic imine (C=N–C) groups is 1. The van der Waals surface area contributed by atoms with Gasteiger partial charge < -0.3 is 0 Å². The molecule has 0 spiro atoms. The highest BCUT2D eigenvalue weighted by atomic mass is 32.1. The lowest BCUT2D eigenvalue weighted by molar-refractivity contribution is -0.428. The van der Waals surface area contributed by atoms with Gasteiger partial charge in [0, 0.05) is 18.9 Å². The largest absolute Gasteiger partial charge is 0.259 e. The van der Waals surface area contributed by atoms with Crippen molar-refractivity contribution >= 4 is 17.4 Å². The van der Waals surface area contributed by atoms with Crippen LogP contribution in [0.3, 0.4) is 0 Å². The fourth-order valence-corrected chi connectivity index (χ4v) is 1.04. The average Bonchev–Trinajstić information content (AvgIpc) is 2.06. The Morgan fingerprint density at radius 3 is 2.75 bits per heavy atom. The molecule has 4 nitrogen and oxygen atoms in total. The zero-order valence-electron chi connectivity index (χ0n) is 6.19. The molecule has 0 bridgehead atoms. The summed E-state index contributed by atoms with van der Waals surface area (Å²) in [6.07, 6.45) is 4.03. The lowest BCUT2D eigenvalue weighted by Crippen LogP contribution is -2.01. The minimum Gasteiger partial charge on any atom is -0.259 e. The fourth-order valence-electron chi connectivity index (χ4n) is 0.919. The molecular weight excluding hydrogens is 176 g/mol. The summed E-state index contributed by atoms with van der Waals surface area (Å²) in [7, 11) is 0. The van der Waals surface area contributed by atoms with Crippen LogP contribution in [0.25, 0.3) is 0 Å². The number of isothiocyanates is 1. The van der Waals surface area contributed by atoms with Crippen molar-refractivity contribution in [2.24, 2.45) is 4.99 Å². The Balaban J connectivity index is 2.79. The maximum Gasteiger partial charge on any atom is 0.246 e. The van der Waals surface area contributed by atoms with Crippen molar-refractivity contribution in [2.75, 3.05) is 0 Å². The predicted octanol–water partition coefficient (Wildman–Crippen LogP) is 1.93. The van der Waals surface area contributed by atoms with E-state index in [0.29, 0.717) is 12.8 Å². The van der Waals surface area contributed by atoms with Gasteiger partial charge in [-0.05, 0) is 18.3 Å². The zero-order valence-corrected chi connectivity index (χ0v) is 7.00. The van der Waals surface area contributed by atoms with Crippen molar-refractivity contribution in [1.82, 2.24) is 0 Å². The highest BCUT2D eigenvalue weighted by Gasteiger charge is 2.14. The summed E-state index contributed by atoms with van der Waals surface area (Å²) in [5.74, 6) is 0. The van der Waals surface area contributed by atoms with Crippen LogP contribution in [0.1, 0.15) is 12.8 Å². The van der Waals surface area contributed by atoms with Crippen molar-refractivity contribution in [3.8, 4) is 0 Å². The molecule has 0 radical (unpaired) electrons. The molecule has 12 heavy (non-hydrogen) atoms. The molecule has 5 heteroatoms. The molecule has 0 saturated carbocycles.